The summed E-state index contributed by atoms with van der Waals surface area (Å²) in [6.07, 6.45) is 3.69. The normalized spacial score (nSPS) is 19.7. The zero-order valence-corrected chi connectivity index (χ0v) is 13.1. The van der Waals surface area contributed by atoms with Crippen molar-refractivity contribution >= 4 is 6.09 Å². The van der Waals surface area contributed by atoms with Crippen molar-refractivity contribution in [3.05, 3.63) is 18.0 Å². The van der Waals surface area contributed by atoms with Crippen molar-refractivity contribution in [1.29, 1.82) is 0 Å². The molecule has 0 radical (unpaired) electrons. The van der Waals surface area contributed by atoms with Crippen LogP contribution < -0.4 is 0 Å². The summed E-state index contributed by atoms with van der Waals surface area (Å²) in [5.41, 5.74) is 0.503. The molecule has 2 rings (SSSR count). The number of hydrogen-bond acceptors (Lipinski definition) is 3. The molecule has 0 aromatic carbocycles. The second kappa shape index (κ2) is 5.46. The fraction of sp³-hybridized carbons (Fsp3) is 0.733. The van der Waals surface area contributed by atoms with Gasteiger partial charge in [0.15, 0.2) is 0 Å². The predicted octanol–water partition coefficient (Wildman–Crippen LogP) is 3.54. The van der Waals surface area contributed by atoms with Crippen LogP contribution in [0.25, 0.3) is 0 Å². The molecule has 1 fully saturated rings. The van der Waals surface area contributed by atoms with Gasteiger partial charge in [0.1, 0.15) is 5.60 Å². The van der Waals surface area contributed by atoms with Crippen LogP contribution in [0.3, 0.4) is 0 Å². The second-order valence-electron chi connectivity index (χ2n) is 6.65. The Kier molecular flexibility index (Phi) is 4.06. The number of ether oxygens (including phenoxy) is 1. The Balaban J connectivity index is 2.12. The topological polar surface area (TPSA) is 47.4 Å². The quantitative estimate of drug-likeness (QED) is 0.832. The first-order valence-electron chi connectivity index (χ1n) is 7.32. The Morgan fingerprint density at radius 2 is 2.15 bits per heavy atom. The summed E-state index contributed by atoms with van der Waals surface area (Å²) in [5, 5.41) is 4.59. The molecule has 1 atom stereocenters. The minimum absolute atomic E-state index is 0.0462. The summed E-state index contributed by atoms with van der Waals surface area (Å²) in [6.45, 7) is 10.6. The number of carbonyl (C=O) groups is 1. The van der Waals surface area contributed by atoms with Gasteiger partial charge < -0.3 is 4.74 Å². The van der Waals surface area contributed by atoms with E-state index in [-0.39, 0.29) is 12.1 Å². The van der Waals surface area contributed by atoms with E-state index in [0.29, 0.717) is 6.04 Å². The van der Waals surface area contributed by atoms with Crippen LogP contribution in [0.15, 0.2) is 12.3 Å². The minimum Gasteiger partial charge on any atom is -0.444 e. The smallest absolute Gasteiger partial charge is 0.410 e. The molecule has 0 N–H and O–H groups in total. The van der Waals surface area contributed by atoms with Crippen LogP contribution in [0.2, 0.25) is 0 Å². The van der Waals surface area contributed by atoms with E-state index in [4.69, 9.17) is 4.74 Å². The van der Waals surface area contributed by atoms with E-state index in [9.17, 15) is 4.79 Å². The molecule has 1 saturated heterocycles. The molecule has 20 heavy (non-hydrogen) atoms. The molecule has 5 nitrogen and oxygen atoms in total. The summed E-state index contributed by atoms with van der Waals surface area (Å²) in [6, 6.07) is 2.39. The first kappa shape index (κ1) is 14.9. The number of nitrogens with zero attached hydrogens (tertiary/aromatic N) is 3. The van der Waals surface area contributed by atoms with Gasteiger partial charge in [-0.25, -0.2) is 4.79 Å². The Hall–Kier alpha value is -1.52. The molecule has 0 spiro atoms. The molecule has 1 aromatic heterocycles. The van der Waals surface area contributed by atoms with Gasteiger partial charge >= 0.3 is 6.09 Å². The summed E-state index contributed by atoms with van der Waals surface area (Å²) >= 11 is 0. The SMILES string of the molecule is CC(C)n1ccc([C@H]2CCCN2C(=O)OC(C)(C)C)n1. The van der Waals surface area contributed by atoms with E-state index in [1.807, 2.05) is 37.7 Å². The molecule has 1 amide bonds. The van der Waals surface area contributed by atoms with E-state index >= 15 is 0 Å². The van der Waals surface area contributed by atoms with Gasteiger partial charge in [-0.15, -0.1) is 0 Å². The molecular weight excluding hydrogens is 254 g/mol. The molecule has 5 heteroatoms. The maximum atomic E-state index is 12.3. The number of hydrogen-bond donors (Lipinski definition) is 0. The molecule has 112 valence electrons. The number of likely N-dealkylation sites (tertiary alicyclic amines) is 1. The maximum absolute atomic E-state index is 12.3. The van der Waals surface area contributed by atoms with E-state index in [0.717, 1.165) is 25.1 Å². The highest BCUT2D eigenvalue weighted by molar-refractivity contribution is 5.69. The van der Waals surface area contributed by atoms with Gasteiger partial charge in [-0.05, 0) is 53.5 Å². The molecule has 0 unspecified atom stereocenters. The standard InChI is InChI=1S/C15H25N3O2/c1-11(2)18-10-8-12(16-18)13-7-6-9-17(13)14(19)20-15(3,4)5/h8,10-11,13H,6-7,9H2,1-5H3/t13-/m1/s1. The first-order valence-corrected chi connectivity index (χ1v) is 7.32. The average molecular weight is 279 g/mol. The largest absolute Gasteiger partial charge is 0.444 e. The van der Waals surface area contributed by atoms with Crippen molar-refractivity contribution in [3.63, 3.8) is 0 Å². The van der Waals surface area contributed by atoms with Gasteiger partial charge in [-0.2, -0.15) is 5.10 Å². The Bertz CT molecular complexity index is 474. The molecular formula is C15H25N3O2. The molecule has 0 aliphatic carbocycles. The third-order valence-corrected chi connectivity index (χ3v) is 3.38. The highest BCUT2D eigenvalue weighted by Gasteiger charge is 2.34. The molecule has 0 saturated carbocycles. The van der Waals surface area contributed by atoms with Crippen molar-refractivity contribution < 1.29 is 9.53 Å². The van der Waals surface area contributed by atoms with Crippen LogP contribution in [0.4, 0.5) is 4.79 Å². The Labute approximate surface area is 120 Å². The van der Waals surface area contributed by atoms with Crippen LogP contribution in [0.1, 0.15) is 65.2 Å². The summed E-state index contributed by atoms with van der Waals surface area (Å²) in [4.78, 5) is 14.1. The average Bonchev–Trinajstić information content (AvgIpc) is 2.95. The van der Waals surface area contributed by atoms with Crippen LogP contribution in [0.5, 0.6) is 0 Å². The van der Waals surface area contributed by atoms with Crippen LogP contribution in [-0.4, -0.2) is 32.9 Å². The third kappa shape index (κ3) is 3.32. The van der Waals surface area contributed by atoms with Gasteiger partial charge in [-0.3, -0.25) is 9.58 Å². The van der Waals surface area contributed by atoms with Crippen LogP contribution in [0, 0.1) is 0 Å². The first-order chi connectivity index (χ1) is 9.28. The minimum atomic E-state index is -0.457. The van der Waals surface area contributed by atoms with Gasteiger partial charge in [0.05, 0.1) is 11.7 Å². The molecule has 2 heterocycles. The van der Waals surface area contributed by atoms with Gasteiger partial charge in [0.25, 0.3) is 0 Å². The van der Waals surface area contributed by atoms with E-state index in [1.54, 1.807) is 4.90 Å². The lowest BCUT2D eigenvalue weighted by Gasteiger charge is -2.27. The summed E-state index contributed by atoms with van der Waals surface area (Å²) in [7, 11) is 0. The van der Waals surface area contributed by atoms with E-state index < -0.39 is 5.60 Å². The summed E-state index contributed by atoms with van der Waals surface area (Å²) < 4.78 is 7.41. The van der Waals surface area contributed by atoms with Crippen LogP contribution >= 0.6 is 0 Å². The van der Waals surface area contributed by atoms with Crippen molar-refractivity contribution in [2.45, 2.75) is 65.1 Å². The zero-order valence-electron chi connectivity index (χ0n) is 13.1. The Morgan fingerprint density at radius 1 is 1.45 bits per heavy atom. The van der Waals surface area contributed by atoms with Crippen molar-refractivity contribution in [2.75, 3.05) is 6.54 Å². The lowest BCUT2D eigenvalue weighted by atomic mass is 10.1. The monoisotopic (exact) mass is 279 g/mol. The number of amides is 1. The van der Waals surface area contributed by atoms with Crippen molar-refractivity contribution in [2.24, 2.45) is 0 Å². The van der Waals surface area contributed by atoms with E-state index in [2.05, 4.69) is 18.9 Å². The van der Waals surface area contributed by atoms with E-state index in [1.165, 1.54) is 0 Å². The van der Waals surface area contributed by atoms with Gasteiger partial charge in [0, 0.05) is 18.8 Å². The molecule has 1 aliphatic heterocycles. The van der Waals surface area contributed by atoms with Crippen molar-refractivity contribution in [3.8, 4) is 0 Å². The molecule has 1 aromatic rings. The van der Waals surface area contributed by atoms with Crippen molar-refractivity contribution in [1.82, 2.24) is 14.7 Å². The van der Waals surface area contributed by atoms with Gasteiger partial charge in [0.2, 0.25) is 0 Å². The highest BCUT2D eigenvalue weighted by atomic mass is 16.6. The fourth-order valence-corrected chi connectivity index (χ4v) is 2.43. The number of rotatable bonds is 2. The predicted molar refractivity (Wildman–Crippen MR) is 77.5 cm³/mol. The summed E-state index contributed by atoms with van der Waals surface area (Å²) in [5.74, 6) is 0. The highest BCUT2D eigenvalue weighted by Crippen LogP contribution is 2.32. The van der Waals surface area contributed by atoms with Crippen LogP contribution in [-0.2, 0) is 4.74 Å². The third-order valence-electron chi connectivity index (χ3n) is 3.38. The fourth-order valence-electron chi connectivity index (χ4n) is 2.43. The zero-order chi connectivity index (χ0) is 14.9. The van der Waals surface area contributed by atoms with Gasteiger partial charge in [-0.1, -0.05) is 0 Å². The number of carbonyl (C=O) groups excluding carboxylic acids is 1. The number of aromatic nitrogens is 2. The Morgan fingerprint density at radius 3 is 2.70 bits per heavy atom. The molecule has 0 bridgehead atoms. The maximum Gasteiger partial charge on any atom is 0.410 e. The second-order valence-corrected chi connectivity index (χ2v) is 6.65. The lowest BCUT2D eigenvalue weighted by Crippen LogP contribution is -2.36. The lowest BCUT2D eigenvalue weighted by molar-refractivity contribution is 0.0221. The molecule has 1 aliphatic rings.